The average molecular weight is 510 g/mol. The fourth-order valence-electron chi connectivity index (χ4n) is 3.22. The molecule has 8 nitrogen and oxygen atoms in total. The summed E-state index contributed by atoms with van der Waals surface area (Å²) in [6.45, 7) is 6.77. The summed E-state index contributed by atoms with van der Waals surface area (Å²) in [5, 5.41) is 3.42. The largest absolute Gasteiger partial charge is 0.497 e. The van der Waals surface area contributed by atoms with Gasteiger partial charge in [0.2, 0.25) is 21.8 Å². The summed E-state index contributed by atoms with van der Waals surface area (Å²) in [4.78, 5) is 27.8. The highest BCUT2D eigenvalue weighted by molar-refractivity contribution is 7.92. The Bertz CT molecular complexity index is 1110. The van der Waals surface area contributed by atoms with Crippen molar-refractivity contribution in [2.24, 2.45) is 0 Å². The summed E-state index contributed by atoms with van der Waals surface area (Å²) in [6, 6.07) is 12.5. The van der Waals surface area contributed by atoms with E-state index in [1.807, 2.05) is 20.8 Å². The smallest absolute Gasteiger partial charge is 0.244 e. The molecule has 186 valence electrons. The lowest BCUT2D eigenvalue weighted by molar-refractivity contribution is -0.140. The average Bonchev–Trinajstić information content (AvgIpc) is 2.74. The quantitative estimate of drug-likeness (QED) is 0.558. The number of carbonyl (C=O) groups excluding carboxylic acids is 2. The molecule has 0 spiro atoms. The molecule has 0 saturated carbocycles. The number of nitrogens with zero attached hydrogens (tertiary/aromatic N) is 2. The first kappa shape index (κ1) is 27.5. The number of carbonyl (C=O) groups is 2. The van der Waals surface area contributed by atoms with E-state index in [-0.39, 0.29) is 18.1 Å². The number of hydrogen-bond donors (Lipinski definition) is 1. The maximum atomic E-state index is 13.5. The molecule has 0 bridgehead atoms. The monoisotopic (exact) mass is 509 g/mol. The highest BCUT2D eigenvalue weighted by Gasteiger charge is 2.31. The van der Waals surface area contributed by atoms with Crippen molar-refractivity contribution >= 4 is 39.1 Å². The first-order valence-electron chi connectivity index (χ1n) is 10.7. The molecule has 0 aliphatic carbocycles. The van der Waals surface area contributed by atoms with E-state index in [2.05, 4.69) is 5.32 Å². The maximum absolute atomic E-state index is 13.5. The van der Waals surface area contributed by atoms with E-state index >= 15 is 0 Å². The number of anilines is 1. The third-order valence-corrected chi connectivity index (χ3v) is 6.34. The molecule has 2 amide bonds. The molecular formula is C24H32ClN3O5S. The molecule has 2 rings (SSSR count). The zero-order valence-electron chi connectivity index (χ0n) is 20.3. The normalized spacial score (nSPS) is 12.6. The van der Waals surface area contributed by atoms with Gasteiger partial charge in [-0.05, 0) is 57.5 Å². The van der Waals surface area contributed by atoms with Crippen LogP contribution in [-0.2, 0) is 26.2 Å². The lowest BCUT2D eigenvalue weighted by atomic mass is 10.1. The van der Waals surface area contributed by atoms with Crippen LogP contribution in [0.1, 0.15) is 33.3 Å². The van der Waals surface area contributed by atoms with Gasteiger partial charge in [0.1, 0.15) is 18.3 Å². The van der Waals surface area contributed by atoms with Crippen LogP contribution in [0, 0.1) is 0 Å². The summed E-state index contributed by atoms with van der Waals surface area (Å²) in [5.41, 5.74) is 0.536. The Kier molecular flexibility index (Phi) is 8.96. The summed E-state index contributed by atoms with van der Waals surface area (Å²) in [6.07, 6.45) is 1.03. The van der Waals surface area contributed by atoms with Gasteiger partial charge in [-0.2, -0.15) is 0 Å². The zero-order valence-corrected chi connectivity index (χ0v) is 21.9. The molecule has 0 aliphatic heterocycles. The Morgan fingerprint density at radius 1 is 1.12 bits per heavy atom. The van der Waals surface area contributed by atoms with Crippen LogP contribution in [0.5, 0.6) is 5.75 Å². The number of nitrogens with one attached hydrogen (secondary N) is 1. The number of hydrogen-bond acceptors (Lipinski definition) is 5. The minimum absolute atomic E-state index is 0.102. The minimum atomic E-state index is -3.81. The van der Waals surface area contributed by atoms with Gasteiger partial charge >= 0.3 is 0 Å². The highest BCUT2D eigenvalue weighted by atomic mass is 35.5. The molecule has 1 N–H and O–H groups in total. The second kappa shape index (κ2) is 11.1. The number of ether oxygens (including phenoxy) is 1. The van der Waals surface area contributed by atoms with Gasteiger partial charge in [0.25, 0.3) is 0 Å². The van der Waals surface area contributed by atoms with E-state index in [4.69, 9.17) is 16.3 Å². The topological polar surface area (TPSA) is 96.0 Å². The van der Waals surface area contributed by atoms with Gasteiger partial charge in [-0.15, -0.1) is 0 Å². The molecule has 1 atom stereocenters. The Hall–Kier alpha value is -2.78. The molecule has 2 aromatic carbocycles. The van der Waals surface area contributed by atoms with Gasteiger partial charge in [-0.1, -0.05) is 29.8 Å². The van der Waals surface area contributed by atoms with Crippen LogP contribution in [0.3, 0.4) is 0 Å². The number of rotatable bonds is 9. The molecule has 0 fully saturated rings. The summed E-state index contributed by atoms with van der Waals surface area (Å²) < 4.78 is 31.4. The van der Waals surface area contributed by atoms with E-state index < -0.39 is 34.1 Å². The number of benzene rings is 2. The predicted molar refractivity (Wildman–Crippen MR) is 135 cm³/mol. The van der Waals surface area contributed by atoms with Crippen molar-refractivity contribution in [3.63, 3.8) is 0 Å². The zero-order chi connectivity index (χ0) is 25.7. The van der Waals surface area contributed by atoms with Crippen LogP contribution in [0.15, 0.2) is 48.5 Å². The molecule has 0 aliphatic rings. The first-order valence-corrected chi connectivity index (χ1v) is 12.9. The predicted octanol–water partition coefficient (Wildman–Crippen LogP) is 3.45. The lowest BCUT2D eigenvalue weighted by Crippen LogP contribution is -2.54. The Balaban J connectivity index is 2.41. The molecule has 0 saturated heterocycles. The third kappa shape index (κ3) is 7.92. The molecule has 0 aromatic heterocycles. The summed E-state index contributed by atoms with van der Waals surface area (Å²) in [5.74, 6) is -0.420. The number of methoxy groups -OCH3 is 1. The van der Waals surface area contributed by atoms with E-state index in [1.165, 1.54) is 18.1 Å². The van der Waals surface area contributed by atoms with E-state index in [0.29, 0.717) is 10.8 Å². The number of sulfonamides is 1. The van der Waals surface area contributed by atoms with E-state index in [1.54, 1.807) is 49.4 Å². The molecule has 10 heteroatoms. The summed E-state index contributed by atoms with van der Waals surface area (Å²) >= 11 is 5.98. The molecule has 0 heterocycles. The van der Waals surface area contributed by atoms with Gasteiger partial charge < -0.3 is 15.0 Å². The molecule has 34 heavy (non-hydrogen) atoms. The van der Waals surface area contributed by atoms with Crippen molar-refractivity contribution in [1.82, 2.24) is 10.2 Å². The number of amides is 2. The molecule has 2 aromatic rings. The van der Waals surface area contributed by atoms with Crippen LogP contribution in [0.2, 0.25) is 5.02 Å². The minimum Gasteiger partial charge on any atom is -0.497 e. The molecule has 0 unspecified atom stereocenters. The second-order valence-electron chi connectivity index (χ2n) is 9.03. The SMILES string of the molecule is COc1cccc(N(CC(=O)N(Cc2ccc(Cl)cc2)[C@H](C)C(=O)NC(C)(C)C)S(C)(=O)=O)c1. The van der Waals surface area contributed by atoms with Gasteiger partial charge in [0.05, 0.1) is 19.1 Å². The standard InChI is InChI=1S/C24H32ClN3O5S/c1-17(23(30)26-24(2,3)4)27(15-18-10-12-19(25)13-11-18)22(29)16-28(34(6,31)32)20-8-7-9-21(14-20)33-5/h7-14,17H,15-16H2,1-6H3,(H,26,30)/t17-/m1/s1. The fourth-order valence-corrected chi connectivity index (χ4v) is 4.19. The molecule has 0 radical (unpaired) electrons. The van der Waals surface area contributed by atoms with Gasteiger partial charge in [0.15, 0.2) is 0 Å². The fraction of sp³-hybridized carbons (Fsp3) is 0.417. The van der Waals surface area contributed by atoms with Crippen LogP contribution in [0.25, 0.3) is 0 Å². The number of halogens is 1. The lowest BCUT2D eigenvalue weighted by Gasteiger charge is -2.33. The maximum Gasteiger partial charge on any atom is 0.244 e. The van der Waals surface area contributed by atoms with Crippen molar-refractivity contribution in [2.75, 3.05) is 24.2 Å². The third-order valence-electron chi connectivity index (χ3n) is 4.95. The van der Waals surface area contributed by atoms with E-state index in [0.717, 1.165) is 16.1 Å². The Labute approximate surface area is 206 Å². The molecular weight excluding hydrogens is 478 g/mol. The Morgan fingerprint density at radius 2 is 1.74 bits per heavy atom. The van der Waals surface area contributed by atoms with Crippen molar-refractivity contribution in [2.45, 2.75) is 45.8 Å². The van der Waals surface area contributed by atoms with Crippen LogP contribution < -0.4 is 14.4 Å². The van der Waals surface area contributed by atoms with Gasteiger partial charge in [-0.25, -0.2) is 8.42 Å². The first-order chi connectivity index (χ1) is 15.7. The van der Waals surface area contributed by atoms with E-state index in [9.17, 15) is 18.0 Å². The summed E-state index contributed by atoms with van der Waals surface area (Å²) in [7, 11) is -2.34. The second-order valence-corrected chi connectivity index (χ2v) is 11.4. The Morgan fingerprint density at radius 3 is 2.26 bits per heavy atom. The van der Waals surface area contributed by atoms with Crippen molar-refractivity contribution < 1.29 is 22.7 Å². The van der Waals surface area contributed by atoms with Crippen molar-refractivity contribution in [3.8, 4) is 5.75 Å². The van der Waals surface area contributed by atoms with Crippen LogP contribution in [-0.4, -0.2) is 56.6 Å². The van der Waals surface area contributed by atoms with Crippen LogP contribution in [0.4, 0.5) is 5.69 Å². The van der Waals surface area contributed by atoms with Crippen LogP contribution >= 0.6 is 11.6 Å². The highest BCUT2D eigenvalue weighted by Crippen LogP contribution is 2.24. The van der Waals surface area contributed by atoms with Gasteiger partial charge in [-0.3, -0.25) is 13.9 Å². The van der Waals surface area contributed by atoms with Gasteiger partial charge in [0, 0.05) is 23.2 Å². The van der Waals surface area contributed by atoms with Crippen molar-refractivity contribution in [3.05, 3.63) is 59.1 Å². The van der Waals surface area contributed by atoms with Crippen molar-refractivity contribution in [1.29, 1.82) is 0 Å².